The third-order valence-corrected chi connectivity index (χ3v) is 5.87. The smallest absolute Gasteiger partial charge is 0.263 e. The van der Waals surface area contributed by atoms with Crippen molar-refractivity contribution in [1.82, 2.24) is 15.0 Å². The first-order chi connectivity index (χ1) is 14.9. The summed E-state index contributed by atoms with van der Waals surface area (Å²) in [6, 6.07) is 15.0. The lowest BCUT2D eigenvalue weighted by molar-refractivity contribution is 0.415. The zero-order valence-corrected chi connectivity index (χ0v) is 17.6. The Hall–Kier alpha value is -3.92. The Labute approximate surface area is 179 Å². The number of benzene rings is 2. The Morgan fingerprint density at radius 1 is 1.00 bits per heavy atom. The van der Waals surface area contributed by atoms with Crippen LogP contribution in [0.15, 0.2) is 65.7 Å². The van der Waals surface area contributed by atoms with Crippen LogP contribution in [0.2, 0.25) is 0 Å². The molecule has 2 heterocycles. The second-order valence-corrected chi connectivity index (χ2v) is 8.43. The molecule has 0 unspecified atom stereocenters. The van der Waals surface area contributed by atoms with Crippen molar-refractivity contribution < 1.29 is 13.2 Å². The number of methoxy groups -OCH3 is 1. The number of fused-ring (bicyclic) bond motifs is 1. The van der Waals surface area contributed by atoms with Gasteiger partial charge in [0.05, 0.1) is 12.0 Å². The lowest BCUT2D eigenvalue weighted by Crippen LogP contribution is -2.16. The molecule has 0 radical (unpaired) electrons. The van der Waals surface area contributed by atoms with Gasteiger partial charge in [0, 0.05) is 23.6 Å². The zero-order chi connectivity index (χ0) is 22.0. The Morgan fingerprint density at radius 2 is 1.84 bits per heavy atom. The summed E-state index contributed by atoms with van der Waals surface area (Å²) in [5, 5.41) is 3.16. The molecule has 0 saturated carbocycles. The third kappa shape index (κ3) is 4.33. The van der Waals surface area contributed by atoms with E-state index in [1.807, 2.05) is 19.1 Å². The topological polar surface area (TPSA) is 132 Å². The molecule has 0 atom stereocenters. The van der Waals surface area contributed by atoms with Crippen LogP contribution in [0.1, 0.15) is 5.56 Å². The molecule has 0 bridgehead atoms. The summed E-state index contributed by atoms with van der Waals surface area (Å²) >= 11 is 0. The van der Waals surface area contributed by atoms with Crippen molar-refractivity contribution in [2.45, 2.75) is 11.8 Å². The Balaban J connectivity index is 1.80. The molecule has 2 aromatic heterocycles. The van der Waals surface area contributed by atoms with E-state index in [0.29, 0.717) is 28.3 Å². The summed E-state index contributed by atoms with van der Waals surface area (Å²) in [5.41, 5.74) is 8.51. The molecule has 0 saturated heterocycles. The molecule has 4 N–H and O–H groups in total. The van der Waals surface area contributed by atoms with Gasteiger partial charge in [0.2, 0.25) is 0 Å². The normalized spacial score (nSPS) is 11.3. The summed E-state index contributed by atoms with van der Waals surface area (Å²) in [6.07, 6.45) is 1.56. The van der Waals surface area contributed by atoms with E-state index >= 15 is 0 Å². The van der Waals surface area contributed by atoms with Crippen molar-refractivity contribution in [3.63, 3.8) is 0 Å². The van der Waals surface area contributed by atoms with Gasteiger partial charge in [0.1, 0.15) is 11.3 Å². The molecule has 9 nitrogen and oxygen atoms in total. The molecular weight excluding hydrogens is 416 g/mol. The number of hydrogen-bond acceptors (Lipinski definition) is 8. The van der Waals surface area contributed by atoms with Crippen LogP contribution in [0.5, 0.6) is 5.75 Å². The molecule has 0 amide bonds. The molecule has 158 valence electrons. The highest BCUT2D eigenvalue weighted by Crippen LogP contribution is 2.30. The maximum atomic E-state index is 13.0. The minimum absolute atomic E-state index is 0.0100. The highest BCUT2D eigenvalue weighted by Gasteiger charge is 2.20. The van der Waals surface area contributed by atoms with Crippen molar-refractivity contribution >= 4 is 44.2 Å². The average Bonchev–Trinajstić information content (AvgIpc) is 2.75. The number of nitrogens with zero attached hydrogens (tertiary/aromatic N) is 3. The van der Waals surface area contributed by atoms with E-state index in [-0.39, 0.29) is 16.5 Å². The van der Waals surface area contributed by atoms with E-state index in [1.54, 1.807) is 43.6 Å². The fraction of sp³-hybridized carbons (Fsp3) is 0.0952. The Bertz CT molecular complexity index is 1370. The third-order valence-electron chi connectivity index (χ3n) is 4.54. The molecule has 0 aliphatic heterocycles. The zero-order valence-electron chi connectivity index (χ0n) is 16.8. The number of rotatable bonds is 6. The predicted octanol–water partition coefficient (Wildman–Crippen LogP) is 3.47. The molecule has 0 spiro atoms. The molecule has 4 aromatic rings. The van der Waals surface area contributed by atoms with E-state index < -0.39 is 10.0 Å². The number of nitrogens with one attached hydrogen (secondary N) is 2. The van der Waals surface area contributed by atoms with Crippen LogP contribution in [-0.2, 0) is 10.0 Å². The fourth-order valence-electron chi connectivity index (χ4n) is 2.91. The predicted molar refractivity (Wildman–Crippen MR) is 120 cm³/mol. The van der Waals surface area contributed by atoms with Crippen molar-refractivity contribution in [1.29, 1.82) is 0 Å². The first-order valence-electron chi connectivity index (χ1n) is 9.28. The number of nitrogens with two attached hydrogens (primary N) is 1. The van der Waals surface area contributed by atoms with E-state index in [2.05, 4.69) is 25.0 Å². The van der Waals surface area contributed by atoms with Gasteiger partial charge < -0.3 is 15.8 Å². The van der Waals surface area contributed by atoms with E-state index in [9.17, 15) is 8.42 Å². The molecular formula is C21H20N6O3S. The lowest BCUT2D eigenvalue weighted by Gasteiger charge is -2.15. The van der Waals surface area contributed by atoms with Gasteiger partial charge in [-0.2, -0.15) is 0 Å². The van der Waals surface area contributed by atoms with Gasteiger partial charge in [-0.3, -0.25) is 4.72 Å². The van der Waals surface area contributed by atoms with Crippen LogP contribution in [0.25, 0.3) is 11.2 Å². The second kappa shape index (κ2) is 8.07. The number of aryl methyl sites for hydroxylation is 1. The largest absolute Gasteiger partial charge is 0.497 e. The number of ether oxygens (including phenoxy) is 1. The van der Waals surface area contributed by atoms with Gasteiger partial charge in [-0.05, 0) is 48.9 Å². The maximum Gasteiger partial charge on any atom is 0.263 e. The summed E-state index contributed by atoms with van der Waals surface area (Å²) in [4.78, 5) is 13.1. The maximum absolute atomic E-state index is 13.0. The number of hydrogen-bond donors (Lipinski definition) is 3. The van der Waals surface area contributed by atoms with Crippen molar-refractivity contribution in [2.24, 2.45) is 0 Å². The number of aromatic nitrogens is 3. The van der Waals surface area contributed by atoms with Crippen LogP contribution >= 0.6 is 0 Å². The van der Waals surface area contributed by atoms with Gasteiger partial charge in [-0.25, -0.2) is 23.4 Å². The van der Waals surface area contributed by atoms with Crippen LogP contribution in [-0.4, -0.2) is 30.5 Å². The second-order valence-electron chi connectivity index (χ2n) is 6.75. The standard InChI is InChI=1S/C21H20N6O3S/c1-13-8-9-15(30-2)12-18(13)25-20-21(26-19-17(24-20)7-4-10-23-19)27-31(28,29)16-6-3-5-14(22)11-16/h3-12H,22H2,1-2H3,(H,24,25)(H,23,26,27). The quantitative estimate of drug-likeness (QED) is 0.392. The van der Waals surface area contributed by atoms with Gasteiger partial charge in [-0.1, -0.05) is 12.1 Å². The molecule has 0 fully saturated rings. The first kappa shape index (κ1) is 20.4. The molecule has 10 heteroatoms. The summed E-state index contributed by atoms with van der Waals surface area (Å²) in [7, 11) is -2.40. The van der Waals surface area contributed by atoms with Crippen molar-refractivity contribution in [2.75, 3.05) is 22.9 Å². The monoisotopic (exact) mass is 436 g/mol. The lowest BCUT2D eigenvalue weighted by atomic mass is 10.2. The SMILES string of the molecule is COc1ccc(C)c(Nc2nc3cccnc3nc2NS(=O)(=O)c2cccc(N)c2)c1. The Morgan fingerprint density at radius 3 is 2.61 bits per heavy atom. The van der Waals surface area contributed by atoms with Crippen LogP contribution < -0.4 is 20.5 Å². The van der Waals surface area contributed by atoms with E-state index in [0.717, 1.165) is 5.56 Å². The van der Waals surface area contributed by atoms with Crippen molar-refractivity contribution in [3.05, 3.63) is 66.4 Å². The fourth-order valence-corrected chi connectivity index (χ4v) is 3.97. The van der Waals surface area contributed by atoms with Gasteiger partial charge in [-0.15, -0.1) is 0 Å². The number of anilines is 4. The molecule has 4 rings (SSSR count). The summed E-state index contributed by atoms with van der Waals surface area (Å²) < 4.78 is 33.7. The van der Waals surface area contributed by atoms with E-state index in [1.165, 1.54) is 12.1 Å². The molecule has 0 aliphatic rings. The Kier molecular flexibility index (Phi) is 5.30. The number of nitrogen functional groups attached to an aromatic ring is 1. The minimum atomic E-state index is -3.97. The van der Waals surface area contributed by atoms with Gasteiger partial charge in [0.15, 0.2) is 17.3 Å². The minimum Gasteiger partial charge on any atom is -0.497 e. The summed E-state index contributed by atoms with van der Waals surface area (Å²) in [5.74, 6) is 0.880. The van der Waals surface area contributed by atoms with E-state index in [4.69, 9.17) is 10.5 Å². The average molecular weight is 436 g/mol. The highest BCUT2D eigenvalue weighted by atomic mass is 32.2. The highest BCUT2D eigenvalue weighted by molar-refractivity contribution is 7.92. The van der Waals surface area contributed by atoms with Crippen LogP contribution in [0.3, 0.4) is 0 Å². The molecule has 31 heavy (non-hydrogen) atoms. The van der Waals surface area contributed by atoms with Gasteiger partial charge in [0.25, 0.3) is 10.0 Å². The molecule has 0 aliphatic carbocycles. The molecule has 2 aromatic carbocycles. The van der Waals surface area contributed by atoms with Crippen molar-refractivity contribution in [3.8, 4) is 5.75 Å². The van der Waals surface area contributed by atoms with Crippen LogP contribution in [0, 0.1) is 6.92 Å². The summed E-state index contributed by atoms with van der Waals surface area (Å²) in [6.45, 7) is 1.91. The first-order valence-corrected chi connectivity index (χ1v) is 10.8. The van der Waals surface area contributed by atoms with Gasteiger partial charge >= 0.3 is 0 Å². The number of pyridine rings is 1. The van der Waals surface area contributed by atoms with Crippen LogP contribution in [0.4, 0.5) is 23.0 Å². The number of sulfonamides is 1.